The molecule has 2 N–H and O–H groups in total. The molecule has 0 fully saturated rings. The van der Waals surface area contributed by atoms with Crippen LogP contribution in [0.5, 0.6) is 0 Å². The summed E-state index contributed by atoms with van der Waals surface area (Å²) in [6.45, 7) is 9.95. The molecule has 0 unspecified atom stereocenters. The van der Waals surface area contributed by atoms with E-state index in [-0.39, 0.29) is 18.7 Å². The third-order valence-corrected chi connectivity index (χ3v) is 5.33. The van der Waals surface area contributed by atoms with Crippen LogP contribution in [-0.2, 0) is 9.47 Å². The smallest absolute Gasteiger partial charge is 0.207 e. The average Bonchev–Trinajstić information content (AvgIpc) is 2.67. The largest absolute Gasteiger partial charge is 1.00 e. The fourth-order valence-electron chi connectivity index (χ4n) is 3.65. The second-order valence-corrected chi connectivity index (χ2v) is 7.96. The maximum Gasteiger partial charge on any atom is 0.207 e. The lowest BCUT2D eigenvalue weighted by atomic mass is 10.0. The SMILES string of the molecule is CCCCCCCCCCCCCCCCCC[NH2+]CC(OCC)OCC.[Cl-]. The molecule has 0 aliphatic carbocycles. The minimum Gasteiger partial charge on any atom is -1.00 e. The van der Waals surface area contributed by atoms with E-state index in [0.717, 1.165) is 19.8 Å². The highest BCUT2D eigenvalue weighted by Gasteiger charge is 2.09. The molecule has 0 aromatic carbocycles. The van der Waals surface area contributed by atoms with Crippen molar-refractivity contribution in [3.05, 3.63) is 0 Å². The van der Waals surface area contributed by atoms with Crippen LogP contribution in [0.15, 0.2) is 0 Å². The van der Waals surface area contributed by atoms with Crippen LogP contribution in [0.25, 0.3) is 0 Å². The Kier molecular flexibility index (Phi) is 29.5. The molecule has 172 valence electrons. The molecule has 0 atom stereocenters. The number of quaternary nitrogens is 1. The van der Waals surface area contributed by atoms with Crippen LogP contribution in [0.1, 0.15) is 124 Å². The fourth-order valence-corrected chi connectivity index (χ4v) is 3.65. The first-order valence-corrected chi connectivity index (χ1v) is 12.4. The number of hydrogen-bond acceptors (Lipinski definition) is 2. The Morgan fingerprint density at radius 1 is 0.536 bits per heavy atom. The lowest BCUT2D eigenvalue weighted by Gasteiger charge is -2.15. The summed E-state index contributed by atoms with van der Waals surface area (Å²) in [4.78, 5) is 0. The van der Waals surface area contributed by atoms with Crippen LogP contribution >= 0.6 is 0 Å². The second kappa shape index (κ2) is 27.2. The molecule has 28 heavy (non-hydrogen) atoms. The van der Waals surface area contributed by atoms with Gasteiger partial charge in [-0.25, -0.2) is 0 Å². The van der Waals surface area contributed by atoms with Crippen LogP contribution in [0.3, 0.4) is 0 Å². The Morgan fingerprint density at radius 2 is 0.893 bits per heavy atom. The van der Waals surface area contributed by atoms with Gasteiger partial charge in [-0.2, -0.15) is 0 Å². The molecular formula is C24H52ClNO2. The molecule has 0 heterocycles. The molecule has 0 rings (SSSR count). The van der Waals surface area contributed by atoms with Gasteiger partial charge in [-0.15, -0.1) is 0 Å². The van der Waals surface area contributed by atoms with Crippen LogP contribution in [0.2, 0.25) is 0 Å². The maximum atomic E-state index is 5.56. The van der Waals surface area contributed by atoms with Gasteiger partial charge in [0.05, 0.1) is 6.54 Å². The summed E-state index contributed by atoms with van der Waals surface area (Å²) in [5.41, 5.74) is 0. The van der Waals surface area contributed by atoms with Crippen molar-refractivity contribution in [3.8, 4) is 0 Å². The lowest BCUT2D eigenvalue weighted by Crippen LogP contribution is -3.00. The van der Waals surface area contributed by atoms with Gasteiger partial charge in [-0.3, -0.25) is 0 Å². The minimum atomic E-state index is -0.0268. The van der Waals surface area contributed by atoms with Crippen molar-refractivity contribution >= 4 is 0 Å². The molecule has 0 saturated carbocycles. The molecule has 0 aliphatic rings. The molecule has 0 saturated heterocycles. The highest BCUT2D eigenvalue weighted by molar-refractivity contribution is 4.49. The predicted octanol–water partition coefficient (Wildman–Crippen LogP) is 3.21. The van der Waals surface area contributed by atoms with E-state index in [1.807, 2.05) is 13.8 Å². The van der Waals surface area contributed by atoms with E-state index >= 15 is 0 Å². The number of hydrogen-bond donors (Lipinski definition) is 1. The molecule has 0 aromatic heterocycles. The highest BCUT2D eigenvalue weighted by Crippen LogP contribution is 2.13. The van der Waals surface area contributed by atoms with Crippen LogP contribution in [-0.4, -0.2) is 32.6 Å². The molecule has 0 amide bonds. The first kappa shape index (κ1) is 30.4. The Balaban J connectivity index is 0. The van der Waals surface area contributed by atoms with Gasteiger partial charge in [0.15, 0.2) is 0 Å². The van der Waals surface area contributed by atoms with Crippen molar-refractivity contribution in [2.24, 2.45) is 0 Å². The van der Waals surface area contributed by atoms with E-state index in [4.69, 9.17) is 9.47 Å². The van der Waals surface area contributed by atoms with Gasteiger partial charge >= 0.3 is 0 Å². The van der Waals surface area contributed by atoms with Gasteiger partial charge < -0.3 is 27.2 Å². The number of ether oxygens (including phenoxy) is 2. The second-order valence-electron chi connectivity index (χ2n) is 7.96. The molecule has 0 aliphatic heterocycles. The van der Waals surface area contributed by atoms with E-state index < -0.39 is 0 Å². The monoisotopic (exact) mass is 421 g/mol. The fraction of sp³-hybridized carbons (Fsp3) is 1.00. The average molecular weight is 422 g/mol. The highest BCUT2D eigenvalue weighted by atomic mass is 35.5. The zero-order chi connectivity index (χ0) is 19.8. The summed E-state index contributed by atoms with van der Waals surface area (Å²) >= 11 is 0. The molecule has 0 spiro atoms. The van der Waals surface area contributed by atoms with Crippen molar-refractivity contribution < 1.29 is 27.2 Å². The molecular weight excluding hydrogens is 370 g/mol. The summed E-state index contributed by atoms with van der Waals surface area (Å²) < 4.78 is 11.1. The number of rotatable bonds is 23. The molecule has 0 bridgehead atoms. The van der Waals surface area contributed by atoms with Crippen molar-refractivity contribution in [2.75, 3.05) is 26.3 Å². The van der Waals surface area contributed by atoms with Gasteiger partial charge in [0.25, 0.3) is 0 Å². The van der Waals surface area contributed by atoms with Crippen molar-refractivity contribution in [1.82, 2.24) is 0 Å². The van der Waals surface area contributed by atoms with Gasteiger partial charge in [-0.1, -0.05) is 96.8 Å². The van der Waals surface area contributed by atoms with Crippen LogP contribution in [0, 0.1) is 0 Å². The molecule has 4 heteroatoms. The molecule has 3 nitrogen and oxygen atoms in total. The molecule has 0 aromatic rings. The Labute approximate surface area is 183 Å². The summed E-state index contributed by atoms with van der Waals surface area (Å²) in [5, 5.41) is 2.35. The third kappa shape index (κ3) is 24.2. The van der Waals surface area contributed by atoms with Gasteiger partial charge in [0, 0.05) is 13.2 Å². The predicted molar refractivity (Wildman–Crippen MR) is 118 cm³/mol. The first-order chi connectivity index (χ1) is 13.3. The van der Waals surface area contributed by atoms with E-state index in [9.17, 15) is 0 Å². The summed E-state index contributed by atoms with van der Waals surface area (Å²) in [6.07, 6.45) is 22.9. The van der Waals surface area contributed by atoms with Crippen LogP contribution < -0.4 is 17.7 Å². The van der Waals surface area contributed by atoms with Gasteiger partial charge in [0.1, 0.15) is 6.54 Å². The summed E-state index contributed by atoms with van der Waals surface area (Å²) in [6, 6.07) is 0. The Bertz CT molecular complexity index is 261. The Morgan fingerprint density at radius 3 is 1.25 bits per heavy atom. The van der Waals surface area contributed by atoms with E-state index in [1.165, 1.54) is 109 Å². The zero-order valence-electron chi connectivity index (χ0n) is 19.5. The van der Waals surface area contributed by atoms with E-state index in [0.29, 0.717) is 0 Å². The Hall–Kier alpha value is 0.170. The topological polar surface area (TPSA) is 35.1 Å². The third-order valence-electron chi connectivity index (χ3n) is 5.33. The summed E-state index contributed by atoms with van der Waals surface area (Å²) in [5.74, 6) is 0. The standard InChI is InChI=1S/C24H51NO2.ClH/c1-4-7-8-9-10-11-12-13-14-15-16-17-18-19-20-21-22-25-23-24(26-5-2)27-6-3;/h24-25H,4-23H2,1-3H3;1H. The maximum absolute atomic E-state index is 5.56. The quantitative estimate of drug-likeness (QED) is 0.203. The zero-order valence-corrected chi connectivity index (χ0v) is 20.2. The minimum absolute atomic E-state index is 0. The summed E-state index contributed by atoms with van der Waals surface area (Å²) in [7, 11) is 0. The molecule has 0 radical (unpaired) electrons. The number of nitrogens with two attached hydrogens (primary N) is 1. The van der Waals surface area contributed by atoms with Gasteiger partial charge in [0.2, 0.25) is 6.29 Å². The normalized spacial score (nSPS) is 11.1. The van der Waals surface area contributed by atoms with E-state index in [1.54, 1.807) is 0 Å². The van der Waals surface area contributed by atoms with Crippen molar-refractivity contribution in [3.63, 3.8) is 0 Å². The van der Waals surface area contributed by atoms with Crippen molar-refractivity contribution in [1.29, 1.82) is 0 Å². The van der Waals surface area contributed by atoms with Crippen molar-refractivity contribution in [2.45, 2.75) is 130 Å². The lowest BCUT2D eigenvalue weighted by molar-refractivity contribution is -0.668. The van der Waals surface area contributed by atoms with Gasteiger partial charge in [-0.05, 0) is 26.7 Å². The number of unbranched alkanes of at least 4 members (excludes halogenated alkanes) is 15. The van der Waals surface area contributed by atoms with Crippen LogP contribution in [0.4, 0.5) is 0 Å². The van der Waals surface area contributed by atoms with E-state index in [2.05, 4.69) is 12.2 Å². The number of halogens is 1. The first-order valence-electron chi connectivity index (χ1n) is 12.4.